The topological polar surface area (TPSA) is 0 Å². The first-order chi connectivity index (χ1) is 5.00. The Kier molecular flexibility index (Phi) is 17.5. The Morgan fingerprint density at radius 1 is 0.833 bits per heavy atom. The molecule has 2 heterocycles. The van der Waals surface area contributed by atoms with E-state index in [1.807, 2.05) is 43.2 Å². The fraction of sp³-hybridized carbons (Fsp3) is 0.333. The third-order valence-electron chi connectivity index (χ3n) is 0.768. The fourth-order valence-electron chi connectivity index (χ4n) is 0.393. The summed E-state index contributed by atoms with van der Waals surface area (Å²) in [5.41, 5.74) is 0. The SMILES string of the molecule is C1=CSSC1.C1=CSSC1.[Mn].[Ni]. The predicted octanol–water partition coefficient (Wildman–Crippen LogP) is 3.79. The summed E-state index contributed by atoms with van der Waals surface area (Å²) in [6.07, 6.45) is 4.32. The normalized spacial score (nSPS) is 17.3. The molecule has 0 aromatic rings. The maximum Gasteiger partial charge on any atom is 0.0229 e. The van der Waals surface area contributed by atoms with Gasteiger partial charge in [0.15, 0.2) is 0 Å². The summed E-state index contributed by atoms with van der Waals surface area (Å²) >= 11 is 0. The first kappa shape index (κ1) is 16.3. The van der Waals surface area contributed by atoms with E-state index in [0.717, 1.165) is 0 Å². The van der Waals surface area contributed by atoms with E-state index >= 15 is 0 Å². The molecular formula is C6H8MnNiS4. The zero-order valence-corrected chi connectivity index (χ0v) is 11.5. The molecule has 2 aliphatic rings. The molecule has 0 saturated carbocycles. The van der Waals surface area contributed by atoms with Crippen molar-refractivity contribution in [2.24, 2.45) is 0 Å². The molecule has 6 heteroatoms. The zero-order chi connectivity index (χ0) is 7.07. The van der Waals surface area contributed by atoms with Crippen LogP contribution in [0.2, 0.25) is 0 Å². The molecule has 0 spiro atoms. The monoisotopic (exact) mass is 321 g/mol. The van der Waals surface area contributed by atoms with Crippen LogP contribution in [0, 0.1) is 0 Å². The van der Waals surface area contributed by atoms with Crippen molar-refractivity contribution < 1.29 is 33.6 Å². The summed E-state index contributed by atoms with van der Waals surface area (Å²) in [6.45, 7) is 0. The van der Waals surface area contributed by atoms with Crippen LogP contribution in [0.15, 0.2) is 23.0 Å². The smallest absolute Gasteiger partial charge is 0.0229 e. The second-order valence-electron chi connectivity index (χ2n) is 1.51. The Morgan fingerprint density at radius 3 is 1.33 bits per heavy atom. The Hall–Kier alpha value is 1.89. The van der Waals surface area contributed by atoms with E-state index in [-0.39, 0.29) is 33.6 Å². The fourth-order valence-corrected chi connectivity index (χ4v) is 3.54. The standard InChI is InChI=1S/2C3H4S2.Mn.Ni/c2*1-2-4-5-3-1;;/h2*1-2H,3H2;;. The van der Waals surface area contributed by atoms with Gasteiger partial charge in [-0.15, -0.1) is 0 Å². The van der Waals surface area contributed by atoms with E-state index < -0.39 is 0 Å². The van der Waals surface area contributed by atoms with Gasteiger partial charge in [-0.2, -0.15) is 0 Å². The first-order valence-electron chi connectivity index (χ1n) is 2.87. The Bertz CT molecular complexity index is 112. The maximum atomic E-state index is 2.16. The Balaban J connectivity index is 0. The maximum absolute atomic E-state index is 2.16. The van der Waals surface area contributed by atoms with Crippen LogP contribution in [0.3, 0.4) is 0 Å². The van der Waals surface area contributed by atoms with Gasteiger partial charge in [-0.05, 0) is 10.8 Å². The second-order valence-corrected chi connectivity index (χ2v) is 6.14. The molecule has 0 N–H and O–H groups in total. The number of hydrogen-bond acceptors (Lipinski definition) is 4. The molecule has 0 unspecified atom stereocenters. The summed E-state index contributed by atoms with van der Waals surface area (Å²) in [6, 6.07) is 0. The zero-order valence-electron chi connectivity index (χ0n) is 6.05. The number of hydrogen-bond donors (Lipinski definition) is 0. The molecule has 0 aromatic heterocycles. The average molecular weight is 322 g/mol. The van der Waals surface area contributed by atoms with Gasteiger partial charge in [-0.3, -0.25) is 0 Å². The van der Waals surface area contributed by atoms with Crippen LogP contribution in [0.25, 0.3) is 0 Å². The quantitative estimate of drug-likeness (QED) is 0.491. The average Bonchev–Trinajstić information content (AvgIpc) is 2.67. The molecule has 73 valence electrons. The van der Waals surface area contributed by atoms with Gasteiger partial charge >= 0.3 is 0 Å². The first-order valence-corrected chi connectivity index (χ1v) is 7.63. The molecule has 0 atom stereocenters. The van der Waals surface area contributed by atoms with Crippen LogP contribution in [-0.2, 0) is 33.6 Å². The van der Waals surface area contributed by atoms with Crippen molar-refractivity contribution >= 4 is 43.2 Å². The molecule has 0 nitrogen and oxygen atoms in total. The van der Waals surface area contributed by atoms with Crippen molar-refractivity contribution in [3.63, 3.8) is 0 Å². The van der Waals surface area contributed by atoms with Gasteiger partial charge in [0.2, 0.25) is 0 Å². The molecule has 2 aliphatic heterocycles. The second kappa shape index (κ2) is 12.9. The minimum Gasteiger partial charge on any atom is -0.0854 e. The van der Waals surface area contributed by atoms with E-state index in [4.69, 9.17) is 0 Å². The van der Waals surface area contributed by atoms with Gasteiger partial charge in [0.25, 0.3) is 0 Å². The molecule has 0 aromatic carbocycles. The summed E-state index contributed by atoms with van der Waals surface area (Å²) in [4.78, 5) is 0. The van der Waals surface area contributed by atoms with E-state index in [2.05, 4.69) is 23.0 Å². The van der Waals surface area contributed by atoms with Crippen molar-refractivity contribution in [2.75, 3.05) is 11.5 Å². The molecule has 0 saturated heterocycles. The minimum absolute atomic E-state index is 0. The third-order valence-corrected chi connectivity index (χ3v) is 4.60. The van der Waals surface area contributed by atoms with E-state index in [0.29, 0.717) is 0 Å². The van der Waals surface area contributed by atoms with E-state index in [9.17, 15) is 0 Å². The summed E-state index contributed by atoms with van der Waals surface area (Å²) in [5.74, 6) is 2.40. The Labute approximate surface area is 110 Å². The molecule has 0 aliphatic carbocycles. The van der Waals surface area contributed by atoms with Crippen molar-refractivity contribution in [3.8, 4) is 0 Å². The molecular weight excluding hydrogens is 314 g/mol. The van der Waals surface area contributed by atoms with Crippen LogP contribution in [0.1, 0.15) is 0 Å². The molecule has 1 radical (unpaired) electrons. The third kappa shape index (κ3) is 9.98. The Morgan fingerprint density at radius 2 is 1.25 bits per heavy atom. The van der Waals surface area contributed by atoms with Crippen molar-refractivity contribution in [1.82, 2.24) is 0 Å². The van der Waals surface area contributed by atoms with Crippen LogP contribution < -0.4 is 0 Å². The molecule has 0 amide bonds. The molecule has 2 rings (SSSR count). The van der Waals surface area contributed by atoms with Gasteiger partial charge in [0.1, 0.15) is 0 Å². The van der Waals surface area contributed by atoms with Gasteiger partial charge in [0.05, 0.1) is 0 Å². The van der Waals surface area contributed by atoms with Gasteiger partial charge < -0.3 is 0 Å². The van der Waals surface area contributed by atoms with Crippen LogP contribution in [-0.4, -0.2) is 11.5 Å². The molecule has 0 bridgehead atoms. The van der Waals surface area contributed by atoms with Crippen molar-refractivity contribution in [1.29, 1.82) is 0 Å². The van der Waals surface area contributed by atoms with Gasteiger partial charge in [-0.1, -0.05) is 55.3 Å². The summed E-state index contributed by atoms with van der Waals surface area (Å²) in [5, 5.41) is 4.23. The number of rotatable bonds is 0. The molecule has 0 fully saturated rings. The van der Waals surface area contributed by atoms with E-state index in [1.54, 1.807) is 0 Å². The summed E-state index contributed by atoms with van der Waals surface area (Å²) in [7, 11) is 7.38. The largest absolute Gasteiger partial charge is 0.0854 e. The van der Waals surface area contributed by atoms with Crippen LogP contribution in [0.5, 0.6) is 0 Å². The summed E-state index contributed by atoms with van der Waals surface area (Å²) < 4.78 is 0. The van der Waals surface area contributed by atoms with Crippen LogP contribution in [0.4, 0.5) is 0 Å². The van der Waals surface area contributed by atoms with Gasteiger partial charge in [-0.25, -0.2) is 0 Å². The van der Waals surface area contributed by atoms with Crippen molar-refractivity contribution in [3.05, 3.63) is 23.0 Å². The van der Waals surface area contributed by atoms with E-state index in [1.165, 1.54) is 11.5 Å². The minimum atomic E-state index is 0. The predicted molar refractivity (Wildman–Crippen MR) is 58.4 cm³/mol. The van der Waals surface area contributed by atoms with Crippen molar-refractivity contribution in [2.45, 2.75) is 0 Å². The van der Waals surface area contributed by atoms with Gasteiger partial charge in [0, 0.05) is 45.1 Å². The van der Waals surface area contributed by atoms with Crippen LogP contribution >= 0.6 is 43.2 Å². The molecule has 12 heavy (non-hydrogen) atoms.